The molecule has 4 rings (SSSR count). The lowest BCUT2D eigenvalue weighted by Gasteiger charge is -2.29. The van der Waals surface area contributed by atoms with Gasteiger partial charge in [-0.05, 0) is 111 Å². The number of aliphatic hydroxyl groups excluding tert-OH is 1. The summed E-state index contributed by atoms with van der Waals surface area (Å²) in [7, 11) is 0. The van der Waals surface area contributed by atoms with Crippen LogP contribution in [0.15, 0.2) is 84.9 Å². The lowest BCUT2D eigenvalue weighted by Crippen LogP contribution is -2.51. The lowest BCUT2D eigenvalue weighted by atomic mass is 9.83. The van der Waals surface area contributed by atoms with Gasteiger partial charge in [0.1, 0.15) is 5.78 Å². The number of benzene rings is 3. The highest BCUT2D eigenvalue weighted by atomic mass is 16.3. The fraction of sp³-hybridized carbons (Fsp3) is 0.600. The van der Waals surface area contributed by atoms with E-state index in [-0.39, 0.29) is 95.0 Å². The minimum absolute atomic E-state index is 0.00391. The maximum atomic E-state index is 15.1. The van der Waals surface area contributed by atoms with Crippen molar-refractivity contribution in [2.75, 3.05) is 26.2 Å². The first-order valence-corrected chi connectivity index (χ1v) is 32.7. The molecular weight excluding hydrogens is 1140 g/mol. The van der Waals surface area contributed by atoms with Crippen LogP contribution in [0.3, 0.4) is 0 Å². The summed E-state index contributed by atoms with van der Waals surface area (Å²) in [5, 5.41) is 21.3. The van der Waals surface area contributed by atoms with Crippen molar-refractivity contribution in [2.45, 2.75) is 187 Å². The molecule has 1 aliphatic carbocycles. The summed E-state index contributed by atoms with van der Waals surface area (Å²) in [4.78, 5) is 141. The third-order valence-corrected chi connectivity index (χ3v) is 17.8. The Hall–Kier alpha value is -6.84. The molecule has 5 amide bonds. The van der Waals surface area contributed by atoms with Gasteiger partial charge in [-0.1, -0.05) is 165 Å². The number of Topliss-reactive ketones (excluding diaryl/α,β-unsaturated/α-hetero) is 5. The minimum atomic E-state index is -1.22. The first-order valence-electron chi connectivity index (χ1n) is 32.7. The molecule has 11 atom stereocenters. The molecule has 1 fully saturated rings. The summed E-state index contributed by atoms with van der Waals surface area (Å²) < 4.78 is 0. The number of ketones is 5. The van der Waals surface area contributed by atoms with Crippen LogP contribution in [0.25, 0.3) is 11.1 Å². The summed E-state index contributed by atoms with van der Waals surface area (Å²) in [5.41, 5.74) is 33.3. The first-order chi connectivity index (χ1) is 42.9. The molecule has 90 heavy (non-hydrogen) atoms. The molecule has 20 heteroatoms. The molecule has 0 aromatic heterocycles. The van der Waals surface area contributed by atoms with E-state index >= 15 is 4.79 Å². The van der Waals surface area contributed by atoms with Crippen molar-refractivity contribution in [3.05, 3.63) is 96.1 Å². The van der Waals surface area contributed by atoms with Crippen LogP contribution in [0, 0.1) is 53.3 Å². The molecule has 0 saturated heterocycles. The van der Waals surface area contributed by atoms with Crippen LogP contribution in [-0.2, 0) is 60.8 Å². The van der Waals surface area contributed by atoms with Gasteiger partial charge in [-0.15, -0.1) is 0 Å². The zero-order valence-electron chi connectivity index (χ0n) is 54.1. The molecule has 0 heterocycles. The van der Waals surface area contributed by atoms with Crippen molar-refractivity contribution in [1.82, 2.24) is 21.3 Å². The van der Waals surface area contributed by atoms with Crippen LogP contribution < -0.4 is 49.9 Å². The number of primary amides is 1. The third-order valence-electron chi connectivity index (χ3n) is 17.8. The first kappa shape index (κ1) is 75.6. The average molecular weight is 1250 g/mol. The number of nitrogens with two attached hydrogens (primary N) is 5. The van der Waals surface area contributed by atoms with E-state index < -0.39 is 138 Å². The summed E-state index contributed by atoms with van der Waals surface area (Å²) in [6, 6.07) is 21.0. The number of carbonyl (C=O) groups excluding carboxylic acids is 10. The van der Waals surface area contributed by atoms with E-state index in [4.69, 9.17) is 28.7 Å². The van der Waals surface area contributed by atoms with Crippen LogP contribution >= 0.6 is 0 Å². The van der Waals surface area contributed by atoms with Gasteiger partial charge in [0.2, 0.25) is 29.5 Å². The summed E-state index contributed by atoms with van der Waals surface area (Å²) in [6.07, 6.45) is 5.30. The second kappa shape index (κ2) is 39.4. The average Bonchev–Trinajstić information content (AvgIpc) is 1.23. The van der Waals surface area contributed by atoms with Crippen molar-refractivity contribution in [2.24, 2.45) is 81.9 Å². The van der Waals surface area contributed by atoms with Crippen molar-refractivity contribution < 1.29 is 53.1 Å². The highest BCUT2D eigenvalue weighted by molar-refractivity contribution is 5.99. The Morgan fingerprint density at radius 2 is 0.989 bits per heavy atom. The standard InChI is InChI=1S/C70H105N9O11/c1-7-45(6)65(79-68(88)51(27-30-71)37-60(81)56(74)35-46-17-11-8-12-18-46)64(85)38-52(28-31-72)67(87)77-59(36-47-19-13-9-14-20-47)61(82)39-53(34-48-23-25-50(26-24-48)49-21-15-10-16-22-49)69(89)76-57(29-32-73)63(84)41-55(44(4)5)70(90)78-58(33-43(2)3)62(83)40-54(42-80)66(75)86/h9-10,13-16,19-26,43-46,51-59,65,80H,7-8,11-12,17-18,27-42,71-74H2,1-6H3,(H2,75,86)(H,76,89)(H,77,87)(H,78,90)(H,79,88)/t45?,51-,52-,53-,54+,55-,56?,57+,58+,59-,65+/m1/s1. The van der Waals surface area contributed by atoms with Crippen molar-refractivity contribution in [1.29, 1.82) is 0 Å². The summed E-state index contributed by atoms with van der Waals surface area (Å²) in [6.45, 7) is 10.4. The SMILES string of the molecule is CCC(C)[C@H](NC(=O)[C@H](CCN)CC(=O)C(N)CC1CCCCC1)C(=O)C[C@@H](CCN)C(=O)N[C@H](Cc1ccccc1)C(=O)C[C@@H](Cc1ccc(-c2ccccc2)cc1)C(=O)N[C@@H](CCN)C(=O)C[C@@H](C(=O)N[C@@H](CC(C)C)C(=O)C[C@@H](CO)C(N)=O)C(C)C. The van der Waals surface area contributed by atoms with Gasteiger partial charge < -0.3 is 55.0 Å². The van der Waals surface area contributed by atoms with Gasteiger partial charge in [0.05, 0.1) is 42.7 Å². The zero-order valence-corrected chi connectivity index (χ0v) is 54.1. The molecule has 20 nitrogen and oxygen atoms in total. The van der Waals surface area contributed by atoms with E-state index in [0.717, 1.165) is 36.8 Å². The Bertz CT molecular complexity index is 2780. The monoisotopic (exact) mass is 1250 g/mol. The number of nitrogens with one attached hydrogen (secondary N) is 4. The number of rotatable bonds is 43. The van der Waals surface area contributed by atoms with Gasteiger partial charge in [0.25, 0.3) is 0 Å². The van der Waals surface area contributed by atoms with E-state index in [0.29, 0.717) is 29.9 Å². The van der Waals surface area contributed by atoms with Gasteiger partial charge >= 0.3 is 0 Å². The van der Waals surface area contributed by atoms with Crippen molar-refractivity contribution in [3.8, 4) is 11.1 Å². The molecule has 2 unspecified atom stereocenters. The number of aliphatic hydroxyl groups is 1. The third kappa shape index (κ3) is 25.1. The second-order valence-electron chi connectivity index (χ2n) is 25.8. The molecule has 496 valence electrons. The Kier molecular flexibility index (Phi) is 33.1. The topological polar surface area (TPSA) is 369 Å². The Morgan fingerprint density at radius 3 is 1.53 bits per heavy atom. The Morgan fingerprint density at radius 1 is 0.511 bits per heavy atom. The highest BCUT2D eigenvalue weighted by Crippen LogP contribution is 2.29. The fourth-order valence-electron chi connectivity index (χ4n) is 12.0. The summed E-state index contributed by atoms with van der Waals surface area (Å²) >= 11 is 0. The normalized spacial score (nSPS) is 16.4. The Labute approximate surface area is 533 Å². The predicted molar refractivity (Wildman–Crippen MR) is 349 cm³/mol. The molecule has 1 saturated carbocycles. The second-order valence-corrected chi connectivity index (χ2v) is 25.8. The maximum absolute atomic E-state index is 15.1. The maximum Gasteiger partial charge on any atom is 0.224 e. The van der Waals surface area contributed by atoms with Gasteiger partial charge in [0, 0.05) is 55.8 Å². The predicted octanol–water partition coefficient (Wildman–Crippen LogP) is 5.52. The van der Waals surface area contributed by atoms with Crippen LogP contribution in [0.2, 0.25) is 0 Å². The van der Waals surface area contributed by atoms with Crippen LogP contribution in [0.4, 0.5) is 0 Å². The van der Waals surface area contributed by atoms with Crippen LogP contribution in [-0.4, -0.2) is 120 Å². The van der Waals surface area contributed by atoms with E-state index in [1.807, 2.05) is 88.4 Å². The quantitative estimate of drug-likeness (QED) is 0.0333. The molecule has 15 N–H and O–H groups in total. The highest BCUT2D eigenvalue weighted by Gasteiger charge is 2.38. The van der Waals surface area contributed by atoms with E-state index in [1.54, 1.807) is 38.1 Å². The van der Waals surface area contributed by atoms with Crippen LogP contribution in [0.5, 0.6) is 0 Å². The Balaban J connectivity index is 1.64. The van der Waals surface area contributed by atoms with Gasteiger partial charge in [0.15, 0.2) is 23.1 Å². The molecular formula is C70H105N9O11. The molecule has 0 spiro atoms. The number of amides is 5. The molecule has 3 aromatic carbocycles. The molecule has 0 radical (unpaired) electrons. The van der Waals surface area contributed by atoms with Crippen molar-refractivity contribution in [3.63, 3.8) is 0 Å². The van der Waals surface area contributed by atoms with Crippen molar-refractivity contribution >= 4 is 58.5 Å². The van der Waals surface area contributed by atoms with E-state index in [2.05, 4.69) is 21.3 Å². The van der Waals surface area contributed by atoms with E-state index in [1.165, 1.54) is 6.42 Å². The fourth-order valence-corrected chi connectivity index (χ4v) is 12.0. The smallest absolute Gasteiger partial charge is 0.224 e. The van der Waals surface area contributed by atoms with E-state index in [9.17, 15) is 48.3 Å². The molecule has 0 aliphatic heterocycles. The molecule has 1 aliphatic rings. The lowest BCUT2D eigenvalue weighted by molar-refractivity contribution is -0.137. The molecule has 0 bridgehead atoms. The van der Waals surface area contributed by atoms with Gasteiger partial charge in [-0.2, -0.15) is 0 Å². The van der Waals surface area contributed by atoms with Crippen LogP contribution in [0.1, 0.15) is 155 Å². The largest absolute Gasteiger partial charge is 0.396 e. The number of carbonyl (C=O) groups is 10. The number of hydrogen-bond acceptors (Lipinski definition) is 15. The van der Waals surface area contributed by atoms with Gasteiger partial charge in [-0.25, -0.2) is 0 Å². The minimum Gasteiger partial charge on any atom is -0.396 e. The number of hydrogen-bond donors (Lipinski definition) is 10. The molecule has 3 aromatic rings. The zero-order chi connectivity index (χ0) is 66.5. The van der Waals surface area contributed by atoms with Gasteiger partial charge in [-0.3, -0.25) is 47.9 Å². The summed E-state index contributed by atoms with van der Waals surface area (Å²) in [5.74, 6) is -11.0.